The van der Waals surface area contributed by atoms with Crippen molar-refractivity contribution < 1.29 is 0 Å². The van der Waals surface area contributed by atoms with E-state index in [1.807, 2.05) is 0 Å². The number of anilines is 6. The first-order chi connectivity index (χ1) is 28.6. The van der Waals surface area contributed by atoms with Gasteiger partial charge in [0.25, 0.3) is 0 Å². The molecule has 4 saturated carbocycles. The van der Waals surface area contributed by atoms with Crippen molar-refractivity contribution in [3.63, 3.8) is 0 Å². The van der Waals surface area contributed by atoms with Crippen molar-refractivity contribution in [2.75, 3.05) is 9.80 Å². The van der Waals surface area contributed by atoms with Crippen molar-refractivity contribution in [3.05, 3.63) is 206 Å². The number of hydrogen-bond acceptors (Lipinski definition) is 2. The lowest BCUT2D eigenvalue weighted by Gasteiger charge is -2.57. The van der Waals surface area contributed by atoms with Crippen LogP contribution in [0, 0.1) is 17.8 Å². The predicted octanol–water partition coefficient (Wildman–Crippen LogP) is 15.6. The van der Waals surface area contributed by atoms with Crippen molar-refractivity contribution in [1.29, 1.82) is 0 Å². The zero-order valence-corrected chi connectivity index (χ0v) is 32.9. The minimum absolute atomic E-state index is 0.383. The fraction of sp³-hybridized carbons (Fsp3) is 0.179. The minimum atomic E-state index is 0.383. The SMILES string of the molecule is c1ccc(-c2ccc(N(c3ccccc3)c3ccc4cc(N(c5ccc(-c6ccccc6)cc5)c5ccc(C67CC8CC(CC(C8)C6)C7)cc5)ccc4c3)cc2)cc1. The highest BCUT2D eigenvalue weighted by atomic mass is 15.1. The first-order valence-electron chi connectivity index (χ1n) is 21.2. The van der Waals surface area contributed by atoms with Crippen LogP contribution >= 0.6 is 0 Å². The lowest BCUT2D eigenvalue weighted by Crippen LogP contribution is -2.48. The van der Waals surface area contributed by atoms with Gasteiger partial charge >= 0.3 is 0 Å². The molecular formula is C56H48N2. The molecule has 0 heterocycles. The molecule has 0 radical (unpaired) electrons. The molecule has 0 spiro atoms. The van der Waals surface area contributed by atoms with Crippen LogP contribution in [0.15, 0.2) is 200 Å². The summed E-state index contributed by atoms with van der Waals surface area (Å²) < 4.78 is 0. The Labute approximate surface area is 343 Å². The van der Waals surface area contributed by atoms with Crippen LogP contribution in [0.5, 0.6) is 0 Å². The highest BCUT2D eigenvalue weighted by molar-refractivity contribution is 5.93. The van der Waals surface area contributed by atoms with Gasteiger partial charge in [-0.25, -0.2) is 0 Å². The summed E-state index contributed by atoms with van der Waals surface area (Å²) in [5, 5.41) is 2.42. The van der Waals surface area contributed by atoms with Gasteiger partial charge < -0.3 is 9.80 Å². The maximum absolute atomic E-state index is 2.48. The van der Waals surface area contributed by atoms with Gasteiger partial charge in [-0.1, -0.05) is 127 Å². The van der Waals surface area contributed by atoms with Gasteiger partial charge in [0.2, 0.25) is 0 Å². The Morgan fingerprint density at radius 3 is 1.05 bits per heavy atom. The molecule has 12 rings (SSSR count). The van der Waals surface area contributed by atoms with Crippen LogP contribution in [0.3, 0.4) is 0 Å². The van der Waals surface area contributed by atoms with Crippen LogP contribution in [-0.2, 0) is 5.41 Å². The molecule has 2 nitrogen and oxygen atoms in total. The number of nitrogens with zero attached hydrogens (tertiary/aromatic N) is 2. The molecule has 0 aromatic heterocycles. The molecule has 282 valence electrons. The summed E-state index contributed by atoms with van der Waals surface area (Å²) >= 11 is 0. The molecule has 4 bridgehead atoms. The van der Waals surface area contributed by atoms with Crippen molar-refractivity contribution in [2.45, 2.75) is 43.9 Å². The molecule has 0 atom stereocenters. The number of para-hydroxylation sites is 1. The van der Waals surface area contributed by atoms with E-state index in [9.17, 15) is 0 Å². The van der Waals surface area contributed by atoms with Gasteiger partial charge in [-0.2, -0.15) is 0 Å². The lowest BCUT2D eigenvalue weighted by molar-refractivity contribution is -0.00518. The van der Waals surface area contributed by atoms with E-state index in [1.165, 1.54) is 77.2 Å². The quantitative estimate of drug-likeness (QED) is 0.145. The monoisotopic (exact) mass is 748 g/mol. The van der Waals surface area contributed by atoms with E-state index in [4.69, 9.17) is 0 Å². The van der Waals surface area contributed by atoms with Crippen LogP contribution in [0.25, 0.3) is 33.0 Å². The van der Waals surface area contributed by atoms with Crippen LogP contribution in [-0.4, -0.2) is 0 Å². The first-order valence-corrected chi connectivity index (χ1v) is 21.2. The molecule has 4 aliphatic carbocycles. The average Bonchev–Trinajstić information content (AvgIpc) is 3.28. The normalized spacial score (nSPS) is 20.6. The summed E-state index contributed by atoms with van der Waals surface area (Å²) in [6, 6.07) is 73.6. The largest absolute Gasteiger partial charge is 0.310 e. The smallest absolute Gasteiger partial charge is 0.0468 e. The summed E-state index contributed by atoms with van der Waals surface area (Å²) in [5.41, 5.74) is 13.8. The van der Waals surface area contributed by atoms with Crippen LogP contribution in [0.2, 0.25) is 0 Å². The highest BCUT2D eigenvalue weighted by Gasteiger charge is 2.51. The van der Waals surface area contributed by atoms with Crippen LogP contribution in [0.4, 0.5) is 34.1 Å². The van der Waals surface area contributed by atoms with Gasteiger partial charge in [-0.05, 0) is 173 Å². The van der Waals surface area contributed by atoms with Crippen molar-refractivity contribution in [3.8, 4) is 22.3 Å². The summed E-state index contributed by atoms with van der Waals surface area (Å²) in [4.78, 5) is 4.80. The molecule has 4 aliphatic rings. The maximum atomic E-state index is 2.48. The third-order valence-corrected chi connectivity index (χ3v) is 13.6. The van der Waals surface area contributed by atoms with Gasteiger partial charge in [-0.3, -0.25) is 0 Å². The molecule has 8 aromatic carbocycles. The summed E-state index contributed by atoms with van der Waals surface area (Å²) in [7, 11) is 0. The summed E-state index contributed by atoms with van der Waals surface area (Å²) in [6.45, 7) is 0. The summed E-state index contributed by atoms with van der Waals surface area (Å²) in [5.74, 6) is 2.80. The number of benzene rings is 8. The zero-order chi connectivity index (χ0) is 38.5. The van der Waals surface area contributed by atoms with E-state index >= 15 is 0 Å². The number of hydrogen-bond donors (Lipinski definition) is 0. The minimum Gasteiger partial charge on any atom is -0.310 e. The Morgan fingerprint density at radius 2 is 0.638 bits per heavy atom. The van der Waals surface area contributed by atoms with Crippen molar-refractivity contribution in [2.24, 2.45) is 17.8 Å². The number of rotatable bonds is 9. The molecule has 4 fully saturated rings. The fourth-order valence-electron chi connectivity index (χ4n) is 11.3. The lowest BCUT2D eigenvalue weighted by atomic mass is 9.48. The Bertz CT molecular complexity index is 2630. The third kappa shape index (κ3) is 6.47. The van der Waals surface area contributed by atoms with Crippen LogP contribution < -0.4 is 9.80 Å². The summed E-state index contributed by atoms with van der Waals surface area (Å²) in [6.07, 6.45) is 8.57. The average molecular weight is 749 g/mol. The second kappa shape index (κ2) is 14.5. The Morgan fingerprint density at radius 1 is 0.310 bits per heavy atom. The molecule has 0 unspecified atom stereocenters. The molecule has 0 aliphatic heterocycles. The molecular weight excluding hydrogens is 701 g/mol. The van der Waals surface area contributed by atoms with Gasteiger partial charge in [0.15, 0.2) is 0 Å². The molecule has 0 amide bonds. The van der Waals surface area contributed by atoms with E-state index in [0.29, 0.717) is 5.41 Å². The topological polar surface area (TPSA) is 6.48 Å². The second-order valence-electron chi connectivity index (χ2n) is 17.3. The van der Waals surface area contributed by atoms with Crippen molar-refractivity contribution >= 4 is 44.9 Å². The van der Waals surface area contributed by atoms with E-state index in [0.717, 1.165) is 46.2 Å². The van der Waals surface area contributed by atoms with Crippen molar-refractivity contribution in [1.82, 2.24) is 0 Å². The highest BCUT2D eigenvalue weighted by Crippen LogP contribution is 2.61. The van der Waals surface area contributed by atoms with E-state index in [-0.39, 0.29) is 0 Å². The number of fused-ring (bicyclic) bond motifs is 1. The Balaban J connectivity index is 0.956. The standard InChI is InChI=1S/C56H48N2/c1-4-10-43(11-5-1)45-16-24-51(25-17-45)57(50-14-8-3-9-15-50)54-28-20-48-36-55(29-21-47(48)35-54)58(52-26-18-46(19-27-52)44-12-6-2-7-13-44)53-30-22-49(23-31-53)56-37-40-32-41(38-56)34-42(33-40)39-56/h1-31,35-36,40-42H,32-34,37-39H2. The van der Waals surface area contributed by atoms with E-state index < -0.39 is 0 Å². The second-order valence-corrected chi connectivity index (χ2v) is 17.3. The molecule has 0 saturated heterocycles. The van der Waals surface area contributed by atoms with Gasteiger partial charge in [0.1, 0.15) is 0 Å². The zero-order valence-electron chi connectivity index (χ0n) is 32.9. The Hall–Kier alpha value is -6.38. The molecule has 58 heavy (non-hydrogen) atoms. The van der Waals surface area contributed by atoms with E-state index in [1.54, 1.807) is 5.56 Å². The van der Waals surface area contributed by atoms with Gasteiger partial charge in [-0.15, -0.1) is 0 Å². The van der Waals surface area contributed by atoms with E-state index in [2.05, 4.69) is 210 Å². The third-order valence-electron chi connectivity index (χ3n) is 13.6. The van der Waals surface area contributed by atoms with Gasteiger partial charge in [0.05, 0.1) is 0 Å². The van der Waals surface area contributed by atoms with Gasteiger partial charge in [0, 0.05) is 34.1 Å². The maximum Gasteiger partial charge on any atom is 0.0468 e. The predicted molar refractivity (Wildman–Crippen MR) is 244 cm³/mol. The van der Waals surface area contributed by atoms with Crippen LogP contribution in [0.1, 0.15) is 44.1 Å². The molecule has 0 N–H and O–H groups in total. The Kier molecular flexibility index (Phi) is 8.73. The molecule has 2 heteroatoms. The molecule has 8 aromatic rings. The first kappa shape index (κ1) is 34.8. The fourth-order valence-corrected chi connectivity index (χ4v) is 11.3.